The summed E-state index contributed by atoms with van der Waals surface area (Å²) in [7, 11) is 1.54. The minimum absolute atomic E-state index is 0.103. The molecule has 5 heteroatoms. The van der Waals surface area contributed by atoms with E-state index in [0.29, 0.717) is 22.0 Å². The van der Waals surface area contributed by atoms with Crippen LogP contribution in [0.1, 0.15) is 23.0 Å². The second-order valence-corrected chi connectivity index (χ2v) is 4.26. The zero-order valence-corrected chi connectivity index (χ0v) is 10.8. The minimum Gasteiger partial charge on any atom is -0.377 e. The van der Waals surface area contributed by atoms with E-state index in [9.17, 15) is 4.79 Å². The Kier molecular flexibility index (Phi) is 3.79. The Labute approximate surface area is 109 Å². The maximum Gasteiger partial charge on any atom is 0.173 e. The molecule has 1 heterocycles. The lowest BCUT2D eigenvalue weighted by atomic mass is 10.0. The molecule has 2 aromatic rings. The van der Waals surface area contributed by atoms with Crippen LogP contribution in [0.3, 0.4) is 0 Å². The molecule has 0 fully saturated rings. The van der Waals surface area contributed by atoms with Crippen LogP contribution in [0.15, 0.2) is 28.8 Å². The summed E-state index contributed by atoms with van der Waals surface area (Å²) < 4.78 is 10.1. The highest BCUT2D eigenvalue weighted by atomic mass is 35.5. The maximum atomic E-state index is 11.7. The highest BCUT2D eigenvalue weighted by Gasteiger charge is 2.20. The first kappa shape index (κ1) is 12.8. The van der Waals surface area contributed by atoms with Crippen LogP contribution in [-0.4, -0.2) is 18.0 Å². The van der Waals surface area contributed by atoms with Crippen LogP contribution in [0.25, 0.3) is 11.3 Å². The first-order valence-corrected chi connectivity index (χ1v) is 5.75. The summed E-state index contributed by atoms with van der Waals surface area (Å²) in [5, 5.41) is 4.57. The Bertz CT molecular complexity index is 560. The molecule has 2 rings (SSSR count). The molecule has 0 saturated carbocycles. The van der Waals surface area contributed by atoms with Crippen LogP contribution < -0.4 is 0 Å². The van der Waals surface area contributed by atoms with Gasteiger partial charge in [-0.1, -0.05) is 28.9 Å². The molecule has 1 aromatic carbocycles. The average Bonchev–Trinajstić information content (AvgIpc) is 2.74. The first-order chi connectivity index (χ1) is 8.63. The number of rotatable bonds is 4. The molecular weight excluding hydrogens is 254 g/mol. The van der Waals surface area contributed by atoms with E-state index in [4.69, 9.17) is 20.9 Å². The van der Waals surface area contributed by atoms with Gasteiger partial charge in [-0.3, -0.25) is 4.79 Å². The number of halogens is 1. The molecule has 0 unspecified atom stereocenters. The fourth-order valence-corrected chi connectivity index (χ4v) is 1.85. The fourth-order valence-electron chi connectivity index (χ4n) is 1.72. The molecule has 4 nitrogen and oxygen atoms in total. The van der Waals surface area contributed by atoms with Crippen molar-refractivity contribution in [3.8, 4) is 11.3 Å². The van der Waals surface area contributed by atoms with Gasteiger partial charge in [0.25, 0.3) is 0 Å². The summed E-state index contributed by atoms with van der Waals surface area (Å²) in [6.45, 7) is 1.70. The van der Waals surface area contributed by atoms with Crippen LogP contribution in [0.5, 0.6) is 0 Å². The predicted octanol–water partition coefficient (Wildman–Crippen LogP) is 3.34. The largest absolute Gasteiger partial charge is 0.377 e. The monoisotopic (exact) mass is 265 g/mol. The third-order valence-corrected chi connectivity index (χ3v) is 2.76. The number of benzene rings is 1. The fraction of sp³-hybridized carbons (Fsp3) is 0.231. The van der Waals surface area contributed by atoms with E-state index in [2.05, 4.69) is 5.16 Å². The molecule has 18 heavy (non-hydrogen) atoms. The van der Waals surface area contributed by atoms with Crippen molar-refractivity contribution < 1.29 is 14.1 Å². The van der Waals surface area contributed by atoms with Crippen LogP contribution in [0, 0.1) is 0 Å². The summed E-state index contributed by atoms with van der Waals surface area (Å²) in [6, 6.07) is 7.07. The quantitative estimate of drug-likeness (QED) is 0.796. The van der Waals surface area contributed by atoms with Crippen molar-refractivity contribution in [3.05, 3.63) is 40.6 Å². The van der Waals surface area contributed by atoms with E-state index in [-0.39, 0.29) is 12.4 Å². The summed E-state index contributed by atoms with van der Waals surface area (Å²) in [5.74, 6) is 0.336. The second-order valence-electron chi connectivity index (χ2n) is 3.83. The number of carbonyl (C=O) groups excluding carboxylic acids is 1. The molecule has 0 aliphatic heterocycles. The average molecular weight is 266 g/mol. The summed E-state index contributed by atoms with van der Waals surface area (Å²) in [5.41, 5.74) is 1.76. The van der Waals surface area contributed by atoms with Crippen molar-refractivity contribution in [2.24, 2.45) is 0 Å². The van der Waals surface area contributed by atoms with Crippen molar-refractivity contribution in [1.29, 1.82) is 0 Å². The van der Waals surface area contributed by atoms with Crippen molar-refractivity contribution >= 4 is 17.4 Å². The lowest BCUT2D eigenvalue weighted by Gasteiger charge is -2.00. The maximum absolute atomic E-state index is 11.7. The third kappa shape index (κ3) is 2.44. The molecule has 0 bridgehead atoms. The van der Waals surface area contributed by atoms with Crippen LogP contribution >= 0.6 is 11.6 Å². The van der Waals surface area contributed by atoms with Gasteiger partial charge in [-0.05, 0) is 19.1 Å². The van der Waals surface area contributed by atoms with Gasteiger partial charge in [0, 0.05) is 17.7 Å². The summed E-state index contributed by atoms with van der Waals surface area (Å²) >= 11 is 5.83. The van der Waals surface area contributed by atoms with Crippen molar-refractivity contribution in [2.45, 2.75) is 13.5 Å². The van der Waals surface area contributed by atoms with Gasteiger partial charge in [0.05, 0.1) is 5.56 Å². The van der Waals surface area contributed by atoms with Crippen LogP contribution in [-0.2, 0) is 11.3 Å². The number of hydrogen-bond donors (Lipinski definition) is 0. The number of nitrogens with zero attached hydrogens (tertiary/aromatic N) is 1. The van der Waals surface area contributed by atoms with E-state index in [1.807, 2.05) is 0 Å². The molecule has 0 radical (unpaired) electrons. The van der Waals surface area contributed by atoms with E-state index >= 15 is 0 Å². The zero-order valence-electron chi connectivity index (χ0n) is 10.1. The predicted molar refractivity (Wildman–Crippen MR) is 67.7 cm³/mol. The van der Waals surface area contributed by atoms with Gasteiger partial charge in [0.1, 0.15) is 12.3 Å². The van der Waals surface area contributed by atoms with Crippen molar-refractivity contribution in [2.75, 3.05) is 7.11 Å². The molecule has 0 saturated heterocycles. The zero-order chi connectivity index (χ0) is 13.1. The lowest BCUT2D eigenvalue weighted by Crippen LogP contribution is -1.99. The molecular formula is C13H12ClNO3. The van der Waals surface area contributed by atoms with Crippen molar-refractivity contribution in [1.82, 2.24) is 5.16 Å². The Balaban J connectivity index is 2.50. The molecule has 0 aliphatic rings. The van der Waals surface area contributed by atoms with Gasteiger partial charge in [-0.25, -0.2) is 0 Å². The number of ketones is 1. The molecule has 0 aliphatic carbocycles. The Morgan fingerprint density at radius 1 is 1.39 bits per heavy atom. The highest BCUT2D eigenvalue weighted by Crippen LogP contribution is 2.27. The number of Topliss-reactive ketones (excluding diaryl/α,β-unsaturated/α-hetero) is 1. The third-order valence-electron chi connectivity index (χ3n) is 2.51. The molecule has 94 valence electrons. The van der Waals surface area contributed by atoms with Crippen LogP contribution in [0.4, 0.5) is 0 Å². The summed E-state index contributed by atoms with van der Waals surface area (Å²) in [4.78, 5) is 11.7. The standard InChI is InChI=1S/C13H12ClNO3/c1-8(16)12-11(7-17-2)18-15-13(12)9-3-5-10(14)6-4-9/h3-6H,7H2,1-2H3. The van der Waals surface area contributed by atoms with Gasteiger partial charge in [0.15, 0.2) is 11.5 Å². The molecule has 0 N–H and O–H groups in total. The number of ether oxygens (including phenoxy) is 1. The second kappa shape index (κ2) is 5.33. The Morgan fingerprint density at radius 3 is 2.61 bits per heavy atom. The molecule has 0 atom stereocenters. The van der Waals surface area contributed by atoms with E-state index in [0.717, 1.165) is 5.56 Å². The first-order valence-electron chi connectivity index (χ1n) is 5.38. The van der Waals surface area contributed by atoms with Gasteiger partial charge < -0.3 is 9.26 Å². The lowest BCUT2D eigenvalue weighted by molar-refractivity contribution is 0.100. The Morgan fingerprint density at radius 2 is 2.06 bits per heavy atom. The van der Waals surface area contributed by atoms with E-state index in [1.54, 1.807) is 24.3 Å². The smallest absolute Gasteiger partial charge is 0.173 e. The van der Waals surface area contributed by atoms with E-state index in [1.165, 1.54) is 14.0 Å². The number of aromatic nitrogens is 1. The SMILES string of the molecule is COCc1onc(-c2ccc(Cl)cc2)c1C(C)=O. The normalized spacial score (nSPS) is 10.6. The Hall–Kier alpha value is -1.65. The van der Waals surface area contributed by atoms with E-state index < -0.39 is 0 Å². The van der Waals surface area contributed by atoms with Gasteiger partial charge in [-0.15, -0.1) is 0 Å². The van der Waals surface area contributed by atoms with Gasteiger partial charge >= 0.3 is 0 Å². The minimum atomic E-state index is -0.103. The van der Waals surface area contributed by atoms with Gasteiger partial charge in [-0.2, -0.15) is 0 Å². The molecule has 1 aromatic heterocycles. The molecule has 0 spiro atoms. The van der Waals surface area contributed by atoms with Crippen LogP contribution in [0.2, 0.25) is 5.02 Å². The van der Waals surface area contributed by atoms with Crippen molar-refractivity contribution in [3.63, 3.8) is 0 Å². The highest BCUT2D eigenvalue weighted by molar-refractivity contribution is 6.30. The summed E-state index contributed by atoms with van der Waals surface area (Å²) in [6.07, 6.45) is 0. The van der Waals surface area contributed by atoms with Gasteiger partial charge in [0.2, 0.25) is 0 Å². The molecule has 0 amide bonds. The number of carbonyl (C=O) groups is 1. The topological polar surface area (TPSA) is 52.3 Å². The number of hydrogen-bond acceptors (Lipinski definition) is 4. The number of methoxy groups -OCH3 is 1.